The zero-order chi connectivity index (χ0) is 23.6. The summed E-state index contributed by atoms with van der Waals surface area (Å²) in [5.74, 6) is 0.285. The molecule has 2 aromatic carbocycles. The van der Waals surface area contributed by atoms with Gasteiger partial charge in [-0.2, -0.15) is 5.10 Å². The van der Waals surface area contributed by atoms with Crippen molar-refractivity contribution in [2.45, 2.75) is 39.4 Å². The number of nitrogens with one attached hydrogen (secondary N) is 1. The standard InChI is InChI=1S/C25H30N4O3S/c1-18-24(19(2)29(27-18)23-13-14-33(31,32)17-23)16-28(3)15-20-9-11-21(12-10-20)25(30)26-22-7-5-4-6-8-22/h4-12,23H,13-17H2,1-3H3,(H,26,30)/t23-/m0/s1. The van der Waals surface area contributed by atoms with Crippen LogP contribution in [0, 0.1) is 13.8 Å². The summed E-state index contributed by atoms with van der Waals surface area (Å²) in [6.07, 6.45) is 0.629. The Morgan fingerprint density at radius 3 is 2.42 bits per heavy atom. The average molecular weight is 467 g/mol. The van der Waals surface area contributed by atoms with E-state index in [9.17, 15) is 13.2 Å². The fourth-order valence-electron chi connectivity index (χ4n) is 4.37. The van der Waals surface area contributed by atoms with E-state index in [0.29, 0.717) is 18.5 Å². The first-order valence-corrected chi connectivity index (χ1v) is 12.9. The summed E-state index contributed by atoms with van der Waals surface area (Å²) in [6, 6.07) is 17.0. The molecule has 1 aromatic heterocycles. The summed E-state index contributed by atoms with van der Waals surface area (Å²) in [4.78, 5) is 14.6. The number of carbonyl (C=O) groups excluding carboxylic acids is 1. The first-order chi connectivity index (χ1) is 15.7. The van der Waals surface area contributed by atoms with Crippen LogP contribution >= 0.6 is 0 Å². The van der Waals surface area contributed by atoms with Crippen molar-refractivity contribution < 1.29 is 13.2 Å². The molecule has 0 radical (unpaired) electrons. The van der Waals surface area contributed by atoms with Crippen LogP contribution in [0.5, 0.6) is 0 Å². The Kier molecular flexibility index (Phi) is 6.67. The summed E-state index contributed by atoms with van der Waals surface area (Å²) >= 11 is 0. The summed E-state index contributed by atoms with van der Waals surface area (Å²) in [6.45, 7) is 5.44. The third-order valence-electron chi connectivity index (χ3n) is 6.16. The normalized spacial score (nSPS) is 17.4. The molecule has 2 heterocycles. The molecule has 1 N–H and O–H groups in total. The highest BCUT2D eigenvalue weighted by atomic mass is 32.2. The molecule has 1 fully saturated rings. The SMILES string of the molecule is Cc1nn([C@H]2CCS(=O)(=O)C2)c(C)c1CN(C)Cc1ccc(C(=O)Nc2ccccc2)cc1. The minimum atomic E-state index is -2.96. The topological polar surface area (TPSA) is 84.3 Å². The summed E-state index contributed by atoms with van der Waals surface area (Å²) in [5.41, 5.74) is 5.61. The van der Waals surface area contributed by atoms with Crippen molar-refractivity contribution in [1.29, 1.82) is 0 Å². The van der Waals surface area contributed by atoms with E-state index in [1.165, 1.54) is 0 Å². The Hall–Kier alpha value is -2.97. The van der Waals surface area contributed by atoms with Crippen molar-refractivity contribution in [3.8, 4) is 0 Å². The fraction of sp³-hybridized carbons (Fsp3) is 0.360. The number of sulfone groups is 1. The van der Waals surface area contributed by atoms with Gasteiger partial charge in [-0.25, -0.2) is 8.42 Å². The Morgan fingerprint density at radius 2 is 1.79 bits per heavy atom. The van der Waals surface area contributed by atoms with Gasteiger partial charge in [0.25, 0.3) is 5.91 Å². The van der Waals surface area contributed by atoms with Crippen LogP contribution in [0.25, 0.3) is 0 Å². The van der Waals surface area contributed by atoms with Crippen LogP contribution in [-0.4, -0.2) is 47.6 Å². The van der Waals surface area contributed by atoms with Crippen molar-refractivity contribution in [1.82, 2.24) is 14.7 Å². The highest BCUT2D eigenvalue weighted by Crippen LogP contribution is 2.27. The van der Waals surface area contributed by atoms with Crippen molar-refractivity contribution in [2.75, 3.05) is 23.9 Å². The third-order valence-corrected chi connectivity index (χ3v) is 7.91. The lowest BCUT2D eigenvalue weighted by Crippen LogP contribution is -2.19. The lowest BCUT2D eigenvalue weighted by Gasteiger charge is -2.18. The van der Waals surface area contributed by atoms with E-state index in [0.717, 1.165) is 34.7 Å². The average Bonchev–Trinajstić information content (AvgIpc) is 3.28. The minimum Gasteiger partial charge on any atom is -0.322 e. The third kappa shape index (κ3) is 5.51. The van der Waals surface area contributed by atoms with E-state index in [-0.39, 0.29) is 23.5 Å². The molecule has 174 valence electrons. The van der Waals surface area contributed by atoms with E-state index in [2.05, 4.69) is 15.3 Å². The van der Waals surface area contributed by atoms with Crippen LogP contribution in [0.4, 0.5) is 5.69 Å². The van der Waals surface area contributed by atoms with E-state index < -0.39 is 9.84 Å². The molecule has 0 saturated carbocycles. The van der Waals surface area contributed by atoms with Crippen molar-refractivity contribution in [2.24, 2.45) is 0 Å². The fourth-order valence-corrected chi connectivity index (χ4v) is 6.07. The molecule has 8 heteroatoms. The van der Waals surface area contributed by atoms with Gasteiger partial charge in [-0.1, -0.05) is 30.3 Å². The number of nitrogens with zero attached hydrogens (tertiary/aromatic N) is 3. The molecule has 33 heavy (non-hydrogen) atoms. The van der Waals surface area contributed by atoms with E-state index in [1.54, 1.807) is 0 Å². The van der Waals surface area contributed by atoms with Gasteiger partial charge in [-0.05, 0) is 57.1 Å². The molecule has 1 atom stereocenters. The Bertz CT molecular complexity index is 1230. The van der Waals surface area contributed by atoms with Crippen LogP contribution < -0.4 is 5.32 Å². The van der Waals surface area contributed by atoms with Gasteiger partial charge in [-0.3, -0.25) is 14.4 Å². The number of carbonyl (C=O) groups is 1. The molecule has 0 bridgehead atoms. The molecular formula is C25H30N4O3S. The van der Waals surface area contributed by atoms with E-state index in [4.69, 9.17) is 0 Å². The maximum absolute atomic E-state index is 12.4. The first-order valence-electron chi connectivity index (χ1n) is 11.1. The molecule has 1 saturated heterocycles. The maximum Gasteiger partial charge on any atom is 0.255 e. The number of hydrogen-bond donors (Lipinski definition) is 1. The molecule has 3 aromatic rings. The van der Waals surface area contributed by atoms with Crippen molar-refractivity contribution >= 4 is 21.4 Å². The molecule has 1 aliphatic heterocycles. The molecule has 0 aliphatic carbocycles. The van der Waals surface area contributed by atoms with Crippen LogP contribution in [-0.2, 0) is 22.9 Å². The molecule has 1 aliphatic rings. The summed E-state index contributed by atoms with van der Waals surface area (Å²) in [7, 11) is -0.907. The van der Waals surface area contributed by atoms with Gasteiger partial charge in [-0.15, -0.1) is 0 Å². The van der Waals surface area contributed by atoms with E-state index >= 15 is 0 Å². The van der Waals surface area contributed by atoms with Crippen LogP contribution in [0.2, 0.25) is 0 Å². The van der Waals surface area contributed by atoms with Crippen LogP contribution in [0.1, 0.15) is 45.3 Å². The number of para-hydroxylation sites is 1. The van der Waals surface area contributed by atoms with Crippen LogP contribution in [0.3, 0.4) is 0 Å². The smallest absolute Gasteiger partial charge is 0.255 e. The van der Waals surface area contributed by atoms with Gasteiger partial charge in [0, 0.05) is 35.6 Å². The first kappa shape index (κ1) is 23.2. The predicted molar refractivity (Wildman–Crippen MR) is 130 cm³/mol. The molecular weight excluding hydrogens is 436 g/mol. The number of benzene rings is 2. The van der Waals surface area contributed by atoms with Crippen LogP contribution in [0.15, 0.2) is 54.6 Å². The number of amides is 1. The highest BCUT2D eigenvalue weighted by molar-refractivity contribution is 7.91. The Balaban J connectivity index is 1.38. The number of aryl methyl sites for hydroxylation is 1. The summed E-state index contributed by atoms with van der Waals surface area (Å²) in [5, 5.41) is 7.56. The molecule has 1 amide bonds. The zero-order valence-corrected chi connectivity index (χ0v) is 20.1. The number of aromatic nitrogens is 2. The second-order valence-electron chi connectivity index (χ2n) is 8.84. The summed E-state index contributed by atoms with van der Waals surface area (Å²) < 4.78 is 25.7. The van der Waals surface area contributed by atoms with Gasteiger partial charge >= 0.3 is 0 Å². The van der Waals surface area contributed by atoms with E-state index in [1.807, 2.05) is 80.2 Å². The molecule has 7 nitrogen and oxygen atoms in total. The van der Waals surface area contributed by atoms with Gasteiger partial charge in [0.1, 0.15) is 0 Å². The van der Waals surface area contributed by atoms with Gasteiger partial charge in [0.15, 0.2) is 9.84 Å². The minimum absolute atomic E-state index is 0.0673. The second kappa shape index (κ2) is 9.49. The maximum atomic E-state index is 12.4. The monoisotopic (exact) mass is 466 g/mol. The Labute approximate surface area is 195 Å². The lowest BCUT2D eigenvalue weighted by molar-refractivity contribution is 0.102. The number of rotatable bonds is 7. The highest BCUT2D eigenvalue weighted by Gasteiger charge is 2.31. The molecule has 0 unspecified atom stereocenters. The van der Waals surface area contributed by atoms with Gasteiger partial charge in [0.05, 0.1) is 23.2 Å². The largest absolute Gasteiger partial charge is 0.322 e. The zero-order valence-electron chi connectivity index (χ0n) is 19.3. The predicted octanol–water partition coefficient (Wildman–Crippen LogP) is 3.74. The molecule has 4 rings (SSSR count). The van der Waals surface area contributed by atoms with Crippen molar-refractivity contribution in [3.63, 3.8) is 0 Å². The molecule has 0 spiro atoms. The Morgan fingerprint density at radius 1 is 1.09 bits per heavy atom. The number of hydrogen-bond acceptors (Lipinski definition) is 5. The number of anilines is 1. The van der Waals surface area contributed by atoms with Gasteiger partial charge < -0.3 is 5.32 Å². The van der Waals surface area contributed by atoms with Gasteiger partial charge in [0.2, 0.25) is 0 Å². The quantitative estimate of drug-likeness (QED) is 0.573. The van der Waals surface area contributed by atoms with Crippen molar-refractivity contribution in [3.05, 3.63) is 82.7 Å². The second-order valence-corrected chi connectivity index (χ2v) is 11.1. The lowest BCUT2D eigenvalue weighted by atomic mass is 10.1.